The summed E-state index contributed by atoms with van der Waals surface area (Å²) in [6.07, 6.45) is 8.10. The van der Waals surface area contributed by atoms with Crippen molar-refractivity contribution in [3.05, 3.63) is 12.7 Å². The Labute approximate surface area is 96.8 Å². The Balaban J connectivity index is 1.82. The van der Waals surface area contributed by atoms with Crippen LogP contribution < -0.4 is 0 Å². The highest BCUT2D eigenvalue weighted by Gasteiger charge is 2.42. The van der Waals surface area contributed by atoms with E-state index in [9.17, 15) is 4.79 Å². The first-order valence-electron chi connectivity index (χ1n) is 6.18. The molecular weight excluding hydrogens is 204 g/mol. The molecule has 0 aromatic rings. The number of hydrogen-bond donors (Lipinski definition) is 0. The highest BCUT2D eigenvalue weighted by atomic mass is 16.7. The molecule has 1 aliphatic heterocycles. The first kappa shape index (κ1) is 11.8. The second kappa shape index (κ2) is 5.11. The molecule has 16 heavy (non-hydrogen) atoms. The van der Waals surface area contributed by atoms with Crippen LogP contribution in [0.3, 0.4) is 0 Å². The Morgan fingerprint density at radius 2 is 2.12 bits per heavy atom. The first-order chi connectivity index (χ1) is 7.74. The highest BCUT2D eigenvalue weighted by Crippen LogP contribution is 2.38. The largest absolute Gasteiger partial charge is 0.347 e. The summed E-state index contributed by atoms with van der Waals surface area (Å²) >= 11 is 0. The summed E-state index contributed by atoms with van der Waals surface area (Å²) in [5, 5.41) is 0. The van der Waals surface area contributed by atoms with E-state index in [4.69, 9.17) is 9.47 Å². The molecule has 0 N–H and O–H groups in total. The van der Waals surface area contributed by atoms with Crippen molar-refractivity contribution >= 4 is 5.78 Å². The van der Waals surface area contributed by atoms with Crippen LogP contribution in [0.2, 0.25) is 0 Å². The maximum absolute atomic E-state index is 11.5. The Morgan fingerprint density at radius 3 is 2.81 bits per heavy atom. The van der Waals surface area contributed by atoms with Gasteiger partial charge in [-0.15, -0.1) is 6.58 Å². The van der Waals surface area contributed by atoms with Gasteiger partial charge in [-0.25, -0.2) is 0 Å². The Bertz CT molecular complexity index is 266. The number of Topliss-reactive ketones (excluding diaryl/α,β-unsaturated/α-hetero) is 1. The normalized spacial score (nSPS) is 28.1. The lowest BCUT2D eigenvalue weighted by Crippen LogP contribution is -2.33. The molecule has 0 unspecified atom stereocenters. The summed E-state index contributed by atoms with van der Waals surface area (Å²) in [7, 11) is 0. The summed E-state index contributed by atoms with van der Waals surface area (Å²) in [5.41, 5.74) is 0. The molecule has 2 aliphatic rings. The smallest absolute Gasteiger partial charge is 0.168 e. The molecule has 1 heterocycles. The third-order valence-corrected chi connectivity index (χ3v) is 3.36. The summed E-state index contributed by atoms with van der Waals surface area (Å²) in [5.74, 6) is -0.159. The van der Waals surface area contributed by atoms with Crippen molar-refractivity contribution in [3.63, 3.8) is 0 Å². The molecule has 0 bridgehead atoms. The zero-order chi connectivity index (χ0) is 11.4. The fourth-order valence-corrected chi connectivity index (χ4v) is 2.57. The first-order valence-corrected chi connectivity index (χ1v) is 6.18. The van der Waals surface area contributed by atoms with E-state index in [2.05, 4.69) is 6.58 Å². The molecule has 2 fully saturated rings. The lowest BCUT2D eigenvalue weighted by Gasteiger charge is -2.31. The number of hydrogen-bond acceptors (Lipinski definition) is 3. The van der Waals surface area contributed by atoms with Crippen LogP contribution in [0.15, 0.2) is 12.7 Å². The zero-order valence-electron chi connectivity index (χ0n) is 9.74. The van der Waals surface area contributed by atoms with Crippen LogP contribution in [0.5, 0.6) is 0 Å². The van der Waals surface area contributed by atoms with Crippen molar-refractivity contribution in [3.8, 4) is 0 Å². The van der Waals surface area contributed by atoms with Crippen molar-refractivity contribution in [2.75, 3.05) is 6.61 Å². The molecule has 0 radical (unpaired) electrons. The number of allylic oxidation sites excluding steroid dienone is 1. The standard InChI is InChI=1S/C13H20O3/c1-2-6-11(14)9-12-10-15-13(16-12)7-4-3-5-8-13/h2,12H,1,3-10H2/t12-/m0/s1. The minimum absolute atomic E-state index is 0.0365. The Kier molecular flexibility index (Phi) is 3.77. The monoisotopic (exact) mass is 224 g/mol. The van der Waals surface area contributed by atoms with Crippen LogP contribution >= 0.6 is 0 Å². The predicted octanol–water partition coefficient (Wildman–Crippen LogP) is 2.60. The average Bonchev–Trinajstić information content (AvgIpc) is 2.63. The van der Waals surface area contributed by atoms with Gasteiger partial charge in [-0.2, -0.15) is 0 Å². The van der Waals surface area contributed by atoms with Crippen molar-refractivity contribution in [1.29, 1.82) is 0 Å². The van der Waals surface area contributed by atoms with Crippen LogP contribution in [0.4, 0.5) is 0 Å². The van der Waals surface area contributed by atoms with Gasteiger partial charge in [0.1, 0.15) is 5.78 Å². The molecule has 90 valence electrons. The van der Waals surface area contributed by atoms with Gasteiger partial charge in [0.2, 0.25) is 0 Å². The number of ketones is 1. The molecule has 3 heteroatoms. The molecule has 0 aromatic carbocycles. The fourth-order valence-electron chi connectivity index (χ4n) is 2.57. The number of ether oxygens (including phenoxy) is 2. The second-order valence-electron chi connectivity index (χ2n) is 4.76. The van der Waals surface area contributed by atoms with Crippen molar-refractivity contribution in [2.45, 2.75) is 56.8 Å². The molecule has 0 amide bonds. The average molecular weight is 224 g/mol. The van der Waals surface area contributed by atoms with Gasteiger partial charge in [0.15, 0.2) is 5.79 Å². The van der Waals surface area contributed by atoms with Gasteiger partial charge >= 0.3 is 0 Å². The molecule has 1 saturated carbocycles. The van der Waals surface area contributed by atoms with E-state index in [1.54, 1.807) is 6.08 Å². The molecule has 1 spiro atoms. The molecule has 0 aromatic heterocycles. The quantitative estimate of drug-likeness (QED) is 0.688. The van der Waals surface area contributed by atoms with E-state index in [0.717, 1.165) is 12.8 Å². The van der Waals surface area contributed by atoms with Crippen molar-refractivity contribution in [1.82, 2.24) is 0 Å². The van der Waals surface area contributed by atoms with Gasteiger partial charge in [0, 0.05) is 25.7 Å². The number of carbonyl (C=O) groups excluding carboxylic acids is 1. The van der Waals surface area contributed by atoms with Crippen LogP contribution in [0, 0.1) is 0 Å². The lowest BCUT2D eigenvalue weighted by atomic mass is 9.94. The predicted molar refractivity (Wildman–Crippen MR) is 61.1 cm³/mol. The minimum atomic E-state index is -0.350. The van der Waals surface area contributed by atoms with Gasteiger partial charge in [0.05, 0.1) is 12.7 Å². The fraction of sp³-hybridized carbons (Fsp3) is 0.769. The maximum Gasteiger partial charge on any atom is 0.168 e. The summed E-state index contributed by atoms with van der Waals surface area (Å²) < 4.78 is 11.7. The summed E-state index contributed by atoms with van der Waals surface area (Å²) in [6, 6.07) is 0. The van der Waals surface area contributed by atoms with E-state index >= 15 is 0 Å². The van der Waals surface area contributed by atoms with E-state index < -0.39 is 0 Å². The molecule has 1 atom stereocenters. The second-order valence-corrected chi connectivity index (χ2v) is 4.76. The van der Waals surface area contributed by atoms with Gasteiger partial charge in [-0.05, 0) is 12.8 Å². The minimum Gasteiger partial charge on any atom is -0.347 e. The topological polar surface area (TPSA) is 35.5 Å². The van der Waals surface area contributed by atoms with E-state index in [-0.39, 0.29) is 17.7 Å². The van der Waals surface area contributed by atoms with Crippen molar-refractivity contribution < 1.29 is 14.3 Å². The Hall–Kier alpha value is -0.670. The number of rotatable bonds is 4. The molecule has 2 rings (SSSR count). The molecular formula is C13H20O3. The van der Waals surface area contributed by atoms with Gasteiger partial charge in [-0.1, -0.05) is 12.5 Å². The highest BCUT2D eigenvalue weighted by molar-refractivity contribution is 5.80. The van der Waals surface area contributed by atoms with Gasteiger partial charge < -0.3 is 9.47 Å². The van der Waals surface area contributed by atoms with Gasteiger partial charge in [0.25, 0.3) is 0 Å². The van der Waals surface area contributed by atoms with Crippen molar-refractivity contribution in [2.24, 2.45) is 0 Å². The van der Waals surface area contributed by atoms with Gasteiger partial charge in [-0.3, -0.25) is 4.79 Å². The number of carbonyl (C=O) groups is 1. The maximum atomic E-state index is 11.5. The SMILES string of the molecule is C=CCC(=O)C[C@H]1COC2(CCCCC2)O1. The van der Waals surface area contributed by atoms with E-state index in [1.807, 2.05) is 0 Å². The lowest BCUT2D eigenvalue weighted by molar-refractivity contribution is -0.187. The molecule has 3 nitrogen and oxygen atoms in total. The molecule has 1 aliphatic carbocycles. The van der Waals surface area contributed by atoms with Crippen LogP contribution in [-0.4, -0.2) is 24.3 Å². The van der Waals surface area contributed by atoms with Crippen LogP contribution in [0.1, 0.15) is 44.9 Å². The molecule has 1 saturated heterocycles. The third-order valence-electron chi connectivity index (χ3n) is 3.36. The van der Waals surface area contributed by atoms with E-state index in [0.29, 0.717) is 19.4 Å². The van der Waals surface area contributed by atoms with Crippen LogP contribution in [0.25, 0.3) is 0 Å². The van der Waals surface area contributed by atoms with Crippen LogP contribution in [-0.2, 0) is 14.3 Å². The zero-order valence-corrected chi connectivity index (χ0v) is 9.74. The Morgan fingerprint density at radius 1 is 1.38 bits per heavy atom. The summed E-state index contributed by atoms with van der Waals surface area (Å²) in [6.45, 7) is 4.14. The summed E-state index contributed by atoms with van der Waals surface area (Å²) in [4.78, 5) is 11.5. The third kappa shape index (κ3) is 2.71. The van der Waals surface area contributed by atoms with E-state index in [1.165, 1.54) is 19.3 Å².